The molecule has 1 aliphatic heterocycles. The van der Waals surface area contributed by atoms with Gasteiger partial charge in [-0.25, -0.2) is 0 Å². The van der Waals surface area contributed by atoms with E-state index in [0.29, 0.717) is 0 Å². The topological polar surface area (TPSA) is 32.7 Å². The lowest BCUT2D eigenvalue weighted by Gasteiger charge is -2.38. The van der Waals surface area contributed by atoms with Gasteiger partial charge in [-0.2, -0.15) is 0 Å². The molecule has 1 saturated heterocycles. The van der Waals surface area contributed by atoms with E-state index in [9.17, 15) is 5.11 Å². The number of ether oxygens (including phenoxy) is 1. The summed E-state index contributed by atoms with van der Waals surface area (Å²) >= 11 is 0. The maximum Gasteiger partial charge on any atom is 0.0807 e. The Balaban J connectivity index is 2.26. The molecular weight excluding hydrogens is 226 g/mol. The molecule has 0 bridgehead atoms. The molecule has 18 heavy (non-hydrogen) atoms. The van der Waals surface area contributed by atoms with Gasteiger partial charge >= 0.3 is 0 Å². The molecule has 1 aromatic carbocycles. The Bertz CT molecular complexity index is 384. The van der Waals surface area contributed by atoms with Gasteiger partial charge in [0.05, 0.1) is 18.3 Å². The van der Waals surface area contributed by atoms with Gasteiger partial charge in [-0.15, -0.1) is 0 Å². The highest BCUT2D eigenvalue weighted by Gasteiger charge is 2.24. The summed E-state index contributed by atoms with van der Waals surface area (Å²) in [4.78, 5) is 2.33. The van der Waals surface area contributed by atoms with Crippen molar-refractivity contribution in [3.8, 4) is 0 Å². The van der Waals surface area contributed by atoms with E-state index in [1.807, 2.05) is 25.1 Å². The van der Waals surface area contributed by atoms with E-state index in [2.05, 4.69) is 24.8 Å². The maximum absolute atomic E-state index is 10.1. The van der Waals surface area contributed by atoms with E-state index < -0.39 is 0 Å². The van der Waals surface area contributed by atoms with E-state index in [4.69, 9.17) is 4.74 Å². The van der Waals surface area contributed by atoms with Crippen LogP contribution in [0.4, 0.5) is 5.69 Å². The lowest BCUT2D eigenvalue weighted by atomic mass is 10.0. The number of para-hydroxylation sites is 1. The van der Waals surface area contributed by atoms with Gasteiger partial charge in [0.25, 0.3) is 0 Å². The predicted octanol–water partition coefficient (Wildman–Crippen LogP) is 2.74. The van der Waals surface area contributed by atoms with E-state index in [-0.39, 0.29) is 18.3 Å². The molecule has 0 aliphatic carbocycles. The normalized spacial score (nSPS) is 26.1. The van der Waals surface area contributed by atoms with Crippen LogP contribution in [0.15, 0.2) is 24.3 Å². The van der Waals surface area contributed by atoms with Crippen LogP contribution in [0, 0.1) is 0 Å². The van der Waals surface area contributed by atoms with Crippen molar-refractivity contribution >= 4 is 5.69 Å². The lowest BCUT2D eigenvalue weighted by Crippen LogP contribution is -2.45. The third kappa shape index (κ3) is 2.85. The Hall–Kier alpha value is -1.06. The van der Waals surface area contributed by atoms with Gasteiger partial charge in [0, 0.05) is 24.3 Å². The Morgan fingerprint density at radius 2 is 1.89 bits per heavy atom. The van der Waals surface area contributed by atoms with Crippen molar-refractivity contribution in [2.75, 3.05) is 18.0 Å². The summed E-state index contributed by atoms with van der Waals surface area (Å²) in [6, 6.07) is 8.14. The third-order valence-corrected chi connectivity index (χ3v) is 3.44. The molecule has 100 valence electrons. The van der Waals surface area contributed by atoms with Gasteiger partial charge in [0.1, 0.15) is 0 Å². The van der Waals surface area contributed by atoms with Crippen LogP contribution in [0.1, 0.15) is 38.9 Å². The van der Waals surface area contributed by atoms with Gasteiger partial charge in [0.2, 0.25) is 0 Å². The highest BCUT2D eigenvalue weighted by atomic mass is 16.5. The minimum Gasteiger partial charge on any atom is -0.388 e. The largest absolute Gasteiger partial charge is 0.388 e. The van der Waals surface area contributed by atoms with Crippen LogP contribution in [-0.4, -0.2) is 30.4 Å². The first-order valence-corrected chi connectivity index (χ1v) is 6.79. The number of aliphatic hydroxyl groups is 1. The van der Waals surface area contributed by atoms with Gasteiger partial charge in [-0.3, -0.25) is 0 Å². The third-order valence-electron chi connectivity index (χ3n) is 3.44. The smallest absolute Gasteiger partial charge is 0.0807 e. The van der Waals surface area contributed by atoms with E-state index in [1.165, 1.54) is 0 Å². The van der Waals surface area contributed by atoms with Gasteiger partial charge < -0.3 is 14.7 Å². The second kappa shape index (κ2) is 5.72. The maximum atomic E-state index is 10.1. The molecule has 3 nitrogen and oxygen atoms in total. The summed E-state index contributed by atoms with van der Waals surface area (Å²) in [5.41, 5.74) is 2.18. The van der Waals surface area contributed by atoms with Gasteiger partial charge in [0.15, 0.2) is 0 Å². The molecule has 1 heterocycles. The molecule has 1 aliphatic rings. The number of hydrogen-bond donors (Lipinski definition) is 1. The van der Waals surface area contributed by atoms with Crippen LogP contribution in [-0.2, 0) is 4.74 Å². The zero-order valence-corrected chi connectivity index (χ0v) is 11.5. The summed E-state index contributed by atoms with van der Waals surface area (Å²) in [5.74, 6) is 0. The SMILES string of the molecule is CC[C@H](O)c1ccccc1N1C[C@@H](C)O[C@@H](C)C1. The first kappa shape index (κ1) is 13.4. The summed E-state index contributed by atoms with van der Waals surface area (Å²) in [6.07, 6.45) is 0.836. The lowest BCUT2D eigenvalue weighted by molar-refractivity contribution is -0.00540. The van der Waals surface area contributed by atoms with E-state index >= 15 is 0 Å². The number of aliphatic hydroxyl groups excluding tert-OH is 1. The van der Waals surface area contributed by atoms with Crippen molar-refractivity contribution in [1.29, 1.82) is 0 Å². The van der Waals surface area contributed by atoms with Crippen LogP contribution in [0.5, 0.6) is 0 Å². The Kier molecular flexibility index (Phi) is 4.25. The summed E-state index contributed by atoms with van der Waals surface area (Å²) in [6.45, 7) is 7.98. The average Bonchev–Trinajstić information content (AvgIpc) is 2.36. The second-order valence-corrected chi connectivity index (χ2v) is 5.15. The average molecular weight is 249 g/mol. The van der Waals surface area contributed by atoms with Crippen molar-refractivity contribution in [3.05, 3.63) is 29.8 Å². The van der Waals surface area contributed by atoms with E-state index in [0.717, 1.165) is 30.8 Å². The van der Waals surface area contributed by atoms with E-state index in [1.54, 1.807) is 0 Å². The molecule has 2 rings (SSSR count). The minimum atomic E-state index is -0.380. The minimum absolute atomic E-state index is 0.237. The van der Waals surface area contributed by atoms with Crippen molar-refractivity contribution in [2.24, 2.45) is 0 Å². The molecule has 0 saturated carbocycles. The van der Waals surface area contributed by atoms with Crippen LogP contribution < -0.4 is 4.90 Å². The molecule has 3 atom stereocenters. The zero-order chi connectivity index (χ0) is 13.1. The molecule has 3 heteroatoms. The fraction of sp³-hybridized carbons (Fsp3) is 0.600. The van der Waals surface area contributed by atoms with Crippen LogP contribution in [0.2, 0.25) is 0 Å². The molecule has 0 radical (unpaired) electrons. The summed E-state index contributed by atoms with van der Waals surface area (Å²) in [5, 5.41) is 10.1. The van der Waals surface area contributed by atoms with Gasteiger partial charge in [-0.1, -0.05) is 25.1 Å². The highest BCUT2D eigenvalue weighted by molar-refractivity contribution is 5.55. The molecule has 1 aromatic rings. The number of anilines is 1. The Labute approximate surface area is 109 Å². The molecular formula is C15H23NO2. The Morgan fingerprint density at radius 1 is 1.28 bits per heavy atom. The fourth-order valence-electron chi connectivity index (χ4n) is 2.65. The predicted molar refractivity (Wildman–Crippen MR) is 73.9 cm³/mol. The molecule has 0 spiro atoms. The Morgan fingerprint density at radius 3 is 2.50 bits per heavy atom. The molecule has 1 N–H and O–H groups in total. The first-order chi connectivity index (χ1) is 8.61. The number of benzene rings is 1. The van der Waals surface area contributed by atoms with Crippen molar-refractivity contribution in [1.82, 2.24) is 0 Å². The van der Waals surface area contributed by atoms with Gasteiger partial charge in [-0.05, 0) is 26.3 Å². The monoisotopic (exact) mass is 249 g/mol. The number of morpholine rings is 1. The molecule has 0 aromatic heterocycles. The van der Waals surface area contributed by atoms with Crippen molar-refractivity contribution in [3.63, 3.8) is 0 Å². The number of hydrogen-bond acceptors (Lipinski definition) is 3. The van der Waals surface area contributed by atoms with Crippen LogP contribution in [0.3, 0.4) is 0 Å². The second-order valence-electron chi connectivity index (χ2n) is 5.15. The van der Waals surface area contributed by atoms with Crippen LogP contribution in [0.25, 0.3) is 0 Å². The summed E-state index contributed by atoms with van der Waals surface area (Å²) < 4.78 is 5.76. The molecule has 1 fully saturated rings. The zero-order valence-electron chi connectivity index (χ0n) is 11.5. The molecule has 0 unspecified atom stereocenters. The van der Waals surface area contributed by atoms with Crippen molar-refractivity contribution in [2.45, 2.75) is 45.5 Å². The summed E-state index contributed by atoms with van der Waals surface area (Å²) in [7, 11) is 0. The number of rotatable bonds is 3. The fourth-order valence-corrected chi connectivity index (χ4v) is 2.65. The van der Waals surface area contributed by atoms with Crippen molar-refractivity contribution < 1.29 is 9.84 Å². The quantitative estimate of drug-likeness (QED) is 0.894. The standard InChI is InChI=1S/C15H23NO2/c1-4-15(17)13-7-5-6-8-14(13)16-9-11(2)18-12(3)10-16/h5-8,11-12,15,17H,4,9-10H2,1-3H3/t11-,12+,15-/m0/s1. The first-order valence-electron chi connectivity index (χ1n) is 6.79. The molecule has 0 amide bonds. The highest BCUT2D eigenvalue weighted by Crippen LogP contribution is 2.30. The van der Waals surface area contributed by atoms with Crippen LogP contribution >= 0.6 is 0 Å². The number of nitrogens with zero attached hydrogens (tertiary/aromatic N) is 1.